The topological polar surface area (TPSA) is 43.1 Å². The third-order valence-corrected chi connectivity index (χ3v) is 5.89. The monoisotopic (exact) mass is 369 g/mol. The zero-order chi connectivity index (χ0) is 19.3. The predicted molar refractivity (Wildman–Crippen MR) is 115 cm³/mol. The van der Waals surface area contributed by atoms with Gasteiger partial charge in [0.05, 0.1) is 0 Å². The van der Waals surface area contributed by atoms with Gasteiger partial charge < -0.3 is 5.73 Å². The number of benzene rings is 3. The van der Waals surface area contributed by atoms with Gasteiger partial charge in [-0.2, -0.15) is 0 Å². The lowest BCUT2D eigenvalue weighted by molar-refractivity contribution is 0.103. The molecule has 0 aliphatic heterocycles. The van der Waals surface area contributed by atoms with Crippen LogP contribution in [0.2, 0.25) is 0 Å². The first-order valence-electron chi connectivity index (χ1n) is 10.2. The van der Waals surface area contributed by atoms with Crippen LogP contribution in [0.25, 0.3) is 11.1 Å². The molecule has 2 N–H and O–H groups in total. The highest BCUT2D eigenvalue weighted by Gasteiger charge is 2.18. The quantitative estimate of drug-likeness (QED) is 0.591. The molecule has 0 aromatic heterocycles. The second-order valence-corrected chi connectivity index (χ2v) is 7.95. The molecule has 3 aromatic rings. The highest BCUT2D eigenvalue weighted by atomic mass is 16.1. The van der Waals surface area contributed by atoms with E-state index in [4.69, 9.17) is 5.73 Å². The van der Waals surface area contributed by atoms with E-state index in [0.717, 1.165) is 41.9 Å². The van der Waals surface area contributed by atoms with Crippen LogP contribution in [0.5, 0.6) is 0 Å². The van der Waals surface area contributed by atoms with Crippen LogP contribution in [0.3, 0.4) is 0 Å². The summed E-state index contributed by atoms with van der Waals surface area (Å²) < 4.78 is 0. The van der Waals surface area contributed by atoms with Crippen LogP contribution in [0.15, 0.2) is 78.9 Å². The molecule has 0 bridgehead atoms. The molecule has 3 aromatic carbocycles. The van der Waals surface area contributed by atoms with Gasteiger partial charge in [-0.05, 0) is 54.7 Å². The summed E-state index contributed by atoms with van der Waals surface area (Å²) in [4.78, 5) is 12.5. The second-order valence-electron chi connectivity index (χ2n) is 7.95. The van der Waals surface area contributed by atoms with Gasteiger partial charge in [0.2, 0.25) is 0 Å². The lowest BCUT2D eigenvalue weighted by Crippen LogP contribution is -2.27. The molecule has 28 heavy (non-hydrogen) atoms. The van der Waals surface area contributed by atoms with Crippen LogP contribution >= 0.6 is 0 Å². The standard InChI is InChI=1S/C26H27NO/c27-25-16-8-20(9-17-25)18-19-6-10-21(11-7-19)22-12-14-24(15-13-22)26(28)23-4-2-1-3-5-23/h1-7,10-15,20,25H,8-9,16-18,27H2. The first-order chi connectivity index (χ1) is 13.7. The number of hydrogen-bond acceptors (Lipinski definition) is 2. The normalized spacial score (nSPS) is 19.3. The molecule has 2 nitrogen and oxygen atoms in total. The summed E-state index contributed by atoms with van der Waals surface area (Å²) in [6, 6.07) is 26.6. The third kappa shape index (κ3) is 4.40. The fraction of sp³-hybridized carbons (Fsp3) is 0.269. The zero-order valence-electron chi connectivity index (χ0n) is 16.2. The molecular weight excluding hydrogens is 342 g/mol. The first kappa shape index (κ1) is 18.6. The summed E-state index contributed by atoms with van der Waals surface area (Å²) in [5.74, 6) is 0.837. The fourth-order valence-corrected chi connectivity index (χ4v) is 4.13. The minimum absolute atomic E-state index is 0.0645. The summed E-state index contributed by atoms with van der Waals surface area (Å²) in [6.07, 6.45) is 5.98. The number of rotatable bonds is 5. The van der Waals surface area contributed by atoms with E-state index in [1.807, 2.05) is 54.6 Å². The van der Waals surface area contributed by atoms with Crippen LogP contribution in [0.1, 0.15) is 47.2 Å². The smallest absolute Gasteiger partial charge is 0.193 e. The highest BCUT2D eigenvalue weighted by Crippen LogP contribution is 2.28. The van der Waals surface area contributed by atoms with Gasteiger partial charge in [0, 0.05) is 17.2 Å². The summed E-state index contributed by atoms with van der Waals surface area (Å²) in [6.45, 7) is 0. The Morgan fingerprint density at radius 1 is 0.714 bits per heavy atom. The highest BCUT2D eigenvalue weighted by molar-refractivity contribution is 6.09. The molecule has 0 heterocycles. The molecule has 1 aliphatic carbocycles. The average molecular weight is 370 g/mol. The first-order valence-corrected chi connectivity index (χ1v) is 10.2. The van der Waals surface area contributed by atoms with E-state index in [2.05, 4.69) is 24.3 Å². The number of carbonyl (C=O) groups excluding carboxylic acids is 1. The van der Waals surface area contributed by atoms with E-state index in [0.29, 0.717) is 6.04 Å². The van der Waals surface area contributed by atoms with E-state index < -0.39 is 0 Å². The van der Waals surface area contributed by atoms with Crippen molar-refractivity contribution in [2.45, 2.75) is 38.1 Å². The summed E-state index contributed by atoms with van der Waals surface area (Å²) in [5, 5.41) is 0. The Bertz CT molecular complexity index is 905. The van der Waals surface area contributed by atoms with Crippen molar-refractivity contribution < 1.29 is 4.79 Å². The molecule has 1 fully saturated rings. The number of ketones is 1. The molecule has 2 heteroatoms. The molecule has 0 amide bonds. The SMILES string of the molecule is NC1CCC(Cc2ccc(-c3ccc(C(=O)c4ccccc4)cc3)cc2)CC1. The van der Waals surface area contributed by atoms with E-state index >= 15 is 0 Å². The van der Waals surface area contributed by atoms with Crippen LogP contribution in [0.4, 0.5) is 0 Å². The van der Waals surface area contributed by atoms with E-state index in [1.165, 1.54) is 24.0 Å². The van der Waals surface area contributed by atoms with Gasteiger partial charge in [-0.1, -0.05) is 78.9 Å². The van der Waals surface area contributed by atoms with Gasteiger partial charge in [0.25, 0.3) is 0 Å². The van der Waals surface area contributed by atoms with E-state index in [9.17, 15) is 4.79 Å². The maximum atomic E-state index is 12.5. The molecule has 0 unspecified atom stereocenters. The Morgan fingerprint density at radius 2 is 1.25 bits per heavy atom. The number of hydrogen-bond donors (Lipinski definition) is 1. The maximum absolute atomic E-state index is 12.5. The van der Waals surface area contributed by atoms with Gasteiger partial charge in [-0.25, -0.2) is 0 Å². The van der Waals surface area contributed by atoms with Crippen molar-refractivity contribution in [2.24, 2.45) is 11.7 Å². The Kier molecular flexibility index (Phi) is 5.68. The summed E-state index contributed by atoms with van der Waals surface area (Å²) in [7, 11) is 0. The second kappa shape index (κ2) is 8.53. The van der Waals surface area contributed by atoms with Crippen molar-refractivity contribution in [1.29, 1.82) is 0 Å². The van der Waals surface area contributed by atoms with Crippen molar-refractivity contribution in [1.82, 2.24) is 0 Å². The Balaban J connectivity index is 1.42. The van der Waals surface area contributed by atoms with Crippen LogP contribution in [-0.4, -0.2) is 11.8 Å². The van der Waals surface area contributed by atoms with Gasteiger partial charge in [0.15, 0.2) is 5.78 Å². The minimum Gasteiger partial charge on any atom is -0.328 e. The zero-order valence-corrected chi connectivity index (χ0v) is 16.2. The fourth-order valence-electron chi connectivity index (χ4n) is 4.13. The molecule has 0 saturated heterocycles. The van der Waals surface area contributed by atoms with Gasteiger partial charge in [0.1, 0.15) is 0 Å². The average Bonchev–Trinajstić information content (AvgIpc) is 2.76. The largest absolute Gasteiger partial charge is 0.328 e. The Hall–Kier alpha value is -2.71. The molecule has 0 atom stereocenters. The maximum Gasteiger partial charge on any atom is 0.193 e. The summed E-state index contributed by atoms with van der Waals surface area (Å²) in [5.41, 5.74) is 11.2. The molecule has 4 rings (SSSR count). The van der Waals surface area contributed by atoms with Crippen molar-refractivity contribution in [3.63, 3.8) is 0 Å². The van der Waals surface area contributed by atoms with E-state index in [-0.39, 0.29) is 5.78 Å². The van der Waals surface area contributed by atoms with Crippen LogP contribution in [-0.2, 0) is 6.42 Å². The van der Waals surface area contributed by atoms with Crippen LogP contribution in [0, 0.1) is 5.92 Å². The lowest BCUT2D eigenvalue weighted by Gasteiger charge is -2.26. The molecule has 0 spiro atoms. The number of nitrogens with two attached hydrogens (primary N) is 1. The van der Waals surface area contributed by atoms with Gasteiger partial charge in [-0.3, -0.25) is 4.79 Å². The Morgan fingerprint density at radius 3 is 1.86 bits per heavy atom. The van der Waals surface area contributed by atoms with Crippen molar-refractivity contribution >= 4 is 5.78 Å². The number of carbonyl (C=O) groups is 1. The minimum atomic E-state index is 0.0645. The third-order valence-electron chi connectivity index (χ3n) is 5.89. The molecule has 1 saturated carbocycles. The van der Waals surface area contributed by atoms with Crippen molar-refractivity contribution in [3.8, 4) is 11.1 Å². The lowest BCUT2D eigenvalue weighted by atomic mass is 9.82. The molecule has 1 aliphatic rings. The van der Waals surface area contributed by atoms with Crippen molar-refractivity contribution in [2.75, 3.05) is 0 Å². The predicted octanol–water partition coefficient (Wildman–Crippen LogP) is 5.64. The van der Waals surface area contributed by atoms with Gasteiger partial charge >= 0.3 is 0 Å². The molecule has 142 valence electrons. The Labute approximate surface area is 167 Å². The van der Waals surface area contributed by atoms with Gasteiger partial charge in [-0.15, -0.1) is 0 Å². The van der Waals surface area contributed by atoms with E-state index in [1.54, 1.807) is 0 Å². The molecule has 0 radical (unpaired) electrons. The molecular formula is C26H27NO. The van der Waals surface area contributed by atoms with Crippen LogP contribution < -0.4 is 5.73 Å². The summed E-state index contributed by atoms with van der Waals surface area (Å²) >= 11 is 0. The van der Waals surface area contributed by atoms with Crippen molar-refractivity contribution in [3.05, 3.63) is 95.6 Å².